The van der Waals surface area contributed by atoms with Gasteiger partial charge in [-0.1, -0.05) is 36.4 Å². The monoisotopic (exact) mass is 628 g/mol. The zero-order valence-corrected chi connectivity index (χ0v) is 26.6. The summed E-state index contributed by atoms with van der Waals surface area (Å²) in [6.45, 7) is 5.21. The third-order valence-electron chi connectivity index (χ3n) is 10.3. The number of imide groups is 1. The van der Waals surface area contributed by atoms with Crippen molar-refractivity contribution < 1.29 is 24.0 Å². The molecule has 1 unspecified atom stereocenters. The van der Waals surface area contributed by atoms with E-state index in [4.69, 9.17) is 9.47 Å². The molecule has 4 fully saturated rings. The molecule has 4 aliphatic heterocycles. The van der Waals surface area contributed by atoms with Crippen molar-refractivity contribution in [1.29, 1.82) is 0 Å². The average molecular weight is 629 g/mol. The average Bonchev–Trinajstić information content (AvgIpc) is 3.63. The summed E-state index contributed by atoms with van der Waals surface area (Å²) in [4.78, 5) is 50.1. The van der Waals surface area contributed by atoms with Crippen LogP contribution >= 0.6 is 0 Å². The number of carbonyl (C=O) groups is 2. The van der Waals surface area contributed by atoms with Gasteiger partial charge in [0.2, 0.25) is 0 Å². The smallest absolute Gasteiger partial charge is 0.328 e. The molecule has 7 rings (SSSR count). The van der Waals surface area contributed by atoms with Gasteiger partial charge in [-0.15, -0.1) is 0 Å². The Morgan fingerprint density at radius 3 is 2.50 bits per heavy atom. The second-order valence-corrected chi connectivity index (χ2v) is 13.0. The second kappa shape index (κ2) is 11.8. The second-order valence-electron chi connectivity index (χ2n) is 13.0. The highest BCUT2D eigenvalue weighted by Crippen LogP contribution is 2.56. The maximum Gasteiger partial charge on any atom is 0.328 e. The van der Waals surface area contributed by atoms with E-state index in [0.717, 1.165) is 40.7 Å². The number of amides is 3. The lowest BCUT2D eigenvalue weighted by molar-refractivity contribution is -0.385. The molecule has 4 saturated heterocycles. The number of hydrogen-bond donors (Lipinski definition) is 0. The highest BCUT2D eigenvalue weighted by Gasteiger charge is 2.70. The minimum Gasteiger partial charge on any atom is -0.490 e. The Morgan fingerprint density at radius 2 is 1.78 bits per heavy atom. The van der Waals surface area contributed by atoms with Crippen molar-refractivity contribution in [2.24, 2.45) is 5.92 Å². The number of hydrogen-bond acceptors (Lipinski definition) is 9. The fourth-order valence-electron chi connectivity index (χ4n) is 8.16. The molecule has 0 aliphatic carbocycles. The fraction of sp³-hybridized carbons (Fsp3) is 0.471. The van der Waals surface area contributed by atoms with Gasteiger partial charge >= 0.3 is 11.7 Å². The Labute approximate surface area is 268 Å². The van der Waals surface area contributed by atoms with E-state index in [-0.39, 0.29) is 35.3 Å². The number of anilines is 1. The summed E-state index contributed by atoms with van der Waals surface area (Å²) in [7, 11) is 5.47. The van der Waals surface area contributed by atoms with Crippen LogP contribution in [0, 0.1) is 16.0 Å². The highest BCUT2D eigenvalue weighted by molar-refractivity contribution is 6.09. The quantitative estimate of drug-likeness (QED) is 0.199. The summed E-state index contributed by atoms with van der Waals surface area (Å²) in [6, 6.07) is 17.0. The highest BCUT2D eigenvalue weighted by atomic mass is 16.6. The van der Waals surface area contributed by atoms with Gasteiger partial charge in [0.1, 0.15) is 5.54 Å². The summed E-state index contributed by atoms with van der Waals surface area (Å²) >= 11 is 0. The molecule has 3 aromatic rings. The van der Waals surface area contributed by atoms with Crippen LogP contribution in [0.4, 0.5) is 16.2 Å². The summed E-state index contributed by atoms with van der Waals surface area (Å²) in [5, 5.41) is 13.9. The molecule has 0 aromatic heterocycles. The first-order chi connectivity index (χ1) is 22.2. The predicted molar refractivity (Wildman–Crippen MR) is 173 cm³/mol. The van der Waals surface area contributed by atoms with Gasteiger partial charge in [0.05, 0.1) is 31.3 Å². The Bertz CT molecular complexity index is 1690. The van der Waals surface area contributed by atoms with E-state index < -0.39 is 10.5 Å². The molecule has 1 spiro atoms. The van der Waals surface area contributed by atoms with Gasteiger partial charge in [0, 0.05) is 83.0 Å². The summed E-state index contributed by atoms with van der Waals surface area (Å²) in [5.41, 5.74) is 1.84. The molecular weight excluding hydrogens is 588 g/mol. The number of fused-ring (bicyclic) bond motifs is 1. The van der Waals surface area contributed by atoms with E-state index in [9.17, 15) is 19.7 Å². The zero-order valence-electron chi connectivity index (χ0n) is 26.6. The van der Waals surface area contributed by atoms with Crippen LogP contribution < -0.4 is 9.64 Å². The van der Waals surface area contributed by atoms with Gasteiger partial charge in [0.15, 0.2) is 5.75 Å². The van der Waals surface area contributed by atoms with Crippen LogP contribution in [0.25, 0.3) is 10.8 Å². The van der Waals surface area contributed by atoms with E-state index in [2.05, 4.69) is 39.0 Å². The Kier molecular flexibility index (Phi) is 7.82. The first-order valence-corrected chi connectivity index (χ1v) is 15.9. The number of benzene rings is 3. The van der Waals surface area contributed by atoms with Crippen LogP contribution in [0.3, 0.4) is 0 Å². The van der Waals surface area contributed by atoms with E-state index in [1.165, 1.54) is 12.0 Å². The number of likely N-dealkylation sites (tertiary alicyclic amines) is 1. The van der Waals surface area contributed by atoms with E-state index in [1.54, 1.807) is 12.1 Å². The molecule has 242 valence electrons. The molecule has 0 N–H and O–H groups in total. The maximum absolute atomic E-state index is 14.6. The number of nitro groups is 1. The molecular formula is C34H40N6O6. The molecule has 3 amide bonds. The summed E-state index contributed by atoms with van der Waals surface area (Å²) in [6.07, 6.45) is 0.666. The number of rotatable bonds is 9. The van der Waals surface area contributed by atoms with E-state index in [0.29, 0.717) is 52.4 Å². The molecule has 0 bridgehead atoms. The van der Waals surface area contributed by atoms with Crippen LogP contribution in [-0.4, -0.2) is 116 Å². The molecule has 4 heterocycles. The number of morpholine rings is 1. The van der Waals surface area contributed by atoms with E-state index >= 15 is 0 Å². The van der Waals surface area contributed by atoms with Crippen molar-refractivity contribution in [3.63, 3.8) is 0 Å². The van der Waals surface area contributed by atoms with Crippen molar-refractivity contribution in [2.45, 2.75) is 24.5 Å². The summed E-state index contributed by atoms with van der Waals surface area (Å²) < 4.78 is 10.7. The van der Waals surface area contributed by atoms with Crippen molar-refractivity contribution in [1.82, 2.24) is 19.6 Å². The summed E-state index contributed by atoms with van der Waals surface area (Å²) in [5.74, 6) is -0.00168. The van der Waals surface area contributed by atoms with Gasteiger partial charge in [-0.25, -0.2) is 4.79 Å². The van der Waals surface area contributed by atoms with Crippen LogP contribution in [0.5, 0.6) is 5.75 Å². The zero-order chi connectivity index (χ0) is 32.2. The Morgan fingerprint density at radius 1 is 1.02 bits per heavy atom. The standard InChI is InChI=1S/C34H40N6O6/c1-35(2)28-10-9-27(25-6-4-5-7-26(25)28)29-19-24-21-37(20-23-8-11-31(45-3)30(18-23)40(43)44)22-34(24)32(41)38(33(42)39(29)34)13-12-36-14-16-46-17-15-36/h4-11,18,24,29H,12-17,19-22H2,1-3H3/t24-,29-,34?/m0/s1. The van der Waals surface area contributed by atoms with Crippen molar-refractivity contribution >= 4 is 34.1 Å². The lowest BCUT2D eigenvalue weighted by Gasteiger charge is -2.32. The fourth-order valence-corrected chi connectivity index (χ4v) is 8.16. The SMILES string of the molecule is COc1ccc(CN2C[C@@H]3C[C@@H](c4ccc(N(C)C)c5ccccc45)N4C(=O)N(CCN5CCOCC5)C(=O)C34C2)cc1[N+](=O)[O-]. The number of nitrogens with zero attached hydrogens (tertiary/aromatic N) is 6. The molecule has 46 heavy (non-hydrogen) atoms. The number of nitro benzene ring substituents is 1. The van der Waals surface area contributed by atoms with Gasteiger partial charge in [-0.3, -0.25) is 29.6 Å². The lowest BCUT2D eigenvalue weighted by atomic mass is 9.87. The predicted octanol–water partition coefficient (Wildman–Crippen LogP) is 3.73. The number of urea groups is 1. The van der Waals surface area contributed by atoms with Crippen LogP contribution in [0.1, 0.15) is 23.6 Å². The number of ether oxygens (including phenoxy) is 2. The molecule has 4 aliphatic rings. The normalized spacial score (nSPS) is 24.9. The lowest BCUT2D eigenvalue weighted by Crippen LogP contribution is -2.51. The van der Waals surface area contributed by atoms with Crippen LogP contribution in [0.15, 0.2) is 54.6 Å². The first kappa shape index (κ1) is 30.4. The van der Waals surface area contributed by atoms with Crippen LogP contribution in [-0.2, 0) is 16.1 Å². The molecule has 3 aromatic carbocycles. The molecule has 12 heteroatoms. The Hall–Kier alpha value is -4.26. The molecule has 0 saturated carbocycles. The minimum atomic E-state index is -0.994. The topological polar surface area (TPSA) is 112 Å². The van der Waals surface area contributed by atoms with E-state index in [1.807, 2.05) is 37.2 Å². The van der Waals surface area contributed by atoms with Crippen molar-refractivity contribution in [2.75, 3.05) is 78.6 Å². The van der Waals surface area contributed by atoms with Gasteiger partial charge in [-0.05, 0) is 35.1 Å². The minimum absolute atomic E-state index is 0.0807. The molecule has 3 atom stereocenters. The number of carbonyl (C=O) groups excluding carboxylic acids is 2. The third-order valence-corrected chi connectivity index (χ3v) is 10.3. The van der Waals surface area contributed by atoms with Crippen LogP contribution in [0.2, 0.25) is 0 Å². The molecule has 0 radical (unpaired) electrons. The third kappa shape index (κ3) is 4.86. The Balaban J connectivity index is 1.23. The largest absolute Gasteiger partial charge is 0.490 e. The van der Waals surface area contributed by atoms with Crippen molar-refractivity contribution in [3.05, 3.63) is 75.8 Å². The van der Waals surface area contributed by atoms with Gasteiger partial charge in [0.25, 0.3) is 5.91 Å². The maximum atomic E-state index is 14.6. The van der Waals surface area contributed by atoms with Crippen molar-refractivity contribution in [3.8, 4) is 5.75 Å². The first-order valence-electron chi connectivity index (χ1n) is 15.9. The number of methoxy groups -OCH3 is 1. The van der Waals surface area contributed by atoms with Gasteiger partial charge < -0.3 is 19.3 Å². The van der Waals surface area contributed by atoms with Gasteiger partial charge in [-0.2, -0.15) is 0 Å². The molecule has 12 nitrogen and oxygen atoms in total.